The molecule has 0 spiro atoms. The van der Waals surface area contributed by atoms with Crippen molar-refractivity contribution in [3.63, 3.8) is 0 Å². The highest BCUT2D eigenvalue weighted by molar-refractivity contribution is 5.94. The highest BCUT2D eigenvalue weighted by Gasteiger charge is 2.34. The maximum atomic E-state index is 12.5. The first-order chi connectivity index (χ1) is 11.1. The Bertz CT molecular complexity index is 896. The molecular formula is C16H16N6O. The third-order valence-electron chi connectivity index (χ3n) is 4.07. The second-order valence-electron chi connectivity index (χ2n) is 5.76. The fourth-order valence-corrected chi connectivity index (χ4v) is 2.88. The highest BCUT2D eigenvalue weighted by atomic mass is 16.2. The molecular weight excluding hydrogens is 292 g/mol. The molecule has 0 bridgehead atoms. The molecule has 7 heteroatoms. The number of rotatable bonds is 2. The lowest BCUT2D eigenvalue weighted by molar-refractivity contribution is 0.0491. The van der Waals surface area contributed by atoms with E-state index in [2.05, 4.69) is 20.1 Å². The molecule has 0 N–H and O–H groups in total. The van der Waals surface area contributed by atoms with Crippen molar-refractivity contribution in [2.24, 2.45) is 0 Å². The fourth-order valence-electron chi connectivity index (χ4n) is 2.88. The number of carbonyl (C=O) groups is 1. The summed E-state index contributed by atoms with van der Waals surface area (Å²) >= 11 is 0. The van der Waals surface area contributed by atoms with Crippen molar-refractivity contribution in [1.29, 1.82) is 0 Å². The van der Waals surface area contributed by atoms with Crippen LogP contribution < -0.4 is 0 Å². The van der Waals surface area contributed by atoms with Crippen molar-refractivity contribution in [1.82, 2.24) is 29.6 Å². The minimum Gasteiger partial charge on any atom is -0.333 e. The van der Waals surface area contributed by atoms with E-state index >= 15 is 0 Å². The summed E-state index contributed by atoms with van der Waals surface area (Å²) in [6.45, 7) is 5.04. The Morgan fingerprint density at radius 1 is 1.13 bits per heavy atom. The maximum absolute atomic E-state index is 12.5. The van der Waals surface area contributed by atoms with E-state index < -0.39 is 0 Å². The number of para-hydroxylation sites is 2. The highest BCUT2D eigenvalue weighted by Crippen LogP contribution is 2.23. The molecule has 1 aliphatic rings. The molecule has 3 aromatic rings. The summed E-state index contributed by atoms with van der Waals surface area (Å²) in [7, 11) is 0. The van der Waals surface area contributed by atoms with Gasteiger partial charge in [-0.25, -0.2) is 14.6 Å². The Morgan fingerprint density at radius 3 is 2.57 bits per heavy atom. The van der Waals surface area contributed by atoms with Crippen LogP contribution in [0.25, 0.3) is 11.0 Å². The van der Waals surface area contributed by atoms with Gasteiger partial charge in [-0.05, 0) is 26.0 Å². The van der Waals surface area contributed by atoms with Crippen LogP contribution in [0.1, 0.15) is 28.2 Å². The zero-order chi connectivity index (χ0) is 16.0. The second kappa shape index (κ2) is 5.12. The Kier molecular flexibility index (Phi) is 3.07. The van der Waals surface area contributed by atoms with Gasteiger partial charge in [0.05, 0.1) is 23.3 Å². The molecule has 23 heavy (non-hydrogen) atoms. The van der Waals surface area contributed by atoms with Crippen LogP contribution in [-0.2, 0) is 0 Å². The smallest absolute Gasteiger partial charge is 0.274 e. The summed E-state index contributed by atoms with van der Waals surface area (Å²) in [6, 6.07) is 7.72. The molecule has 0 radical (unpaired) electrons. The summed E-state index contributed by atoms with van der Waals surface area (Å²) in [4.78, 5) is 27.3. The lowest BCUT2D eigenvalue weighted by Gasteiger charge is -2.39. The van der Waals surface area contributed by atoms with Crippen LogP contribution in [0.3, 0.4) is 0 Å². The van der Waals surface area contributed by atoms with E-state index in [-0.39, 0.29) is 11.9 Å². The van der Waals surface area contributed by atoms with Crippen LogP contribution in [-0.4, -0.2) is 48.6 Å². The zero-order valence-electron chi connectivity index (χ0n) is 13.0. The molecule has 7 nitrogen and oxygen atoms in total. The molecule has 0 saturated carbocycles. The first-order valence-corrected chi connectivity index (χ1v) is 7.52. The largest absolute Gasteiger partial charge is 0.333 e. The van der Waals surface area contributed by atoms with E-state index in [1.807, 2.05) is 42.8 Å². The predicted molar refractivity (Wildman–Crippen MR) is 84.0 cm³/mol. The van der Waals surface area contributed by atoms with E-state index in [0.717, 1.165) is 22.7 Å². The minimum atomic E-state index is -0.0889. The van der Waals surface area contributed by atoms with Gasteiger partial charge in [-0.1, -0.05) is 12.1 Å². The normalized spacial score (nSPS) is 15.0. The summed E-state index contributed by atoms with van der Waals surface area (Å²) in [5.74, 6) is 1.55. The SMILES string of the molecule is Cc1nc(C)n(C2CN(C(=O)c3cnc4ccccc4n3)C2)n1. The summed E-state index contributed by atoms with van der Waals surface area (Å²) in [5.41, 5.74) is 1.91. The number of fused-ring (bicyclic) bond motifs is 1. The van der Waals surface area contributed by atoms with Crippen molar-refractivity contribution in [3.8, 4) is 0 Å². The van der Waals surface area contributed by atoms with Crippen molar-refractivity contribution in [2.75, 3.05) is 13.1 Å². The van der Waals surface area contributed by atoms with Crippen molar-refractivity contribution < 1.29 is 4.79 Å². The van der Waals surface area contributed by atoms with E-state index in [1.54, 1.807) is 11.1 Å². The first-order valence-electron chi connectivity index (χ1n) is 7.52. The molecule has 1 aliphatic heterocycles. The van der Waals surface area contributed by atoms with Gasteiger partial charge in [0.15, 0.2) is 0 Å². The number of nitrogens with zero attached hydrogens (tertiary/aromatic N) is 6. The summed E-state index contributed by atoms with van der Waals surface area (Å²) in [5, 5.41) is 4.38. The predicted octanol–water partition coefficient (Wildman–Crippen LogP) is 1.54. The number of hydrogen-bond acceptors (Lipinski definition) is 5. The Balaban J connectivity index is 1.51. The van der Waals surface area contributed by atoms with Gasteiger partial charge in [0.1, 0.15) is 17.3 Å². The number of amides is 1. The summed E-state index contributed by atoms with van der Waals surface area (Å²) < 4.78 is 1.89. The second-order valence-corrected chi connectivity index (χ2v) is 5.76. The number of likely N-dealkylation sites (tertiary alicyclic amines) is 1. The molecule has 0 unspecified atom stereocenters. The van der Waals surface area contributed by atoms with Gasteiger partial charge < -0.3 is 4.90 Å². The number of aromatic nitrogens is 5. The van der Waals surface area contributed by atoms with Gasteiger partial charge in [0.25, 0.3) is 5.91 Å². The maximum Gasteiger partial charge on any atom is 0.274 e. The van der Waals surface area contributed by atoms with Crippen LogP contribution in [0.15, 0.2) is 30.5 Å². The van der Waals surface area contributed by atoms with Gasteiger partial charge in [0, 0.05) is 13.1 Å². The third-order valence-corrected chi connectivity index (χ3v) is 4.07. The van der Waals surface area contributed by atoms with Gasteiger partial charge in [-0.2, -0.15) is 5.10 Å². The van der Waals surface area contributed by atoms with Crippen LogP contribution in [0.2, 0.25) is 0 Å². The molecule has 4 rings (SSSR count). The van der Waals surface area contributed by atoms with E-state index in [1.165, 1.54) is 0 Å². The molecule has 1 aromatic carbocycles. The molecule has 0 atom stereocenters. The monoisotopic (exact) mass is 308 g/mol. The number of aryl methyl sites for hydroxylation is 2. The molecule has 1 amide bonds. The van der Waals surface area contributed by atoms with Gasteiger partial charge in [-0.15, -0.1) is 0 Å². The first kappa shape index (κ1) is 13.8. The van der Waals surface area contributed by atoms with Gasteiger partial charge in [0.2, 0.25) is 0 Å². The van der Waals surface area contributed by atoms with Crippen LogP contribution >= 0.6 is 0 Å². The number of benzene rings is 1. The Hall–Kier alpha value is -2.83. The molecule has 2 aromatic heterocycles. The molecule has 3 heterocycles. The molecule has 1 saturated heterocycles. The fraction of sp³-hybridized carbons (Fsp3) is 0.312. The van der Waals surface area contributed by atoms with Crippen LogP contribution in [0.5, 0.6) is 0 Å². The Labute approximate surface area is 133 Å². The van der Waals surface area contributed by atoms with Gasteiger partial charge in [-0.3, -0.25) is 9.78 Å². The topological polar surface area (TPSA) is 76.8 Å². The number of carbonyl (C=O) groups excluding carboxylic acids is 1. The van der Waals surface area contributed by atoms with E-state index in [9.17, 15) is 4.79 Å². The summed E-state index contributed by atoms with van der Waals surface area (Å²) in [6.07, 6.45) is 1.54. The quantitative estimate of drug-likeness (QED) is 0.717. The van der Waals surface area contributed by atoms with Crippen molar-refractivity contribution >= 4 is 16.9 Å². The van der Waals surface area contributed by atoms with Gasteiger partial charge >= 0.3 is 0 Å². The van der Waals surface area contributed by atoms with E-state index in [0.29, 0.717) is 18.8 Å². The average Bonchev–Trinajstić information content (AvgIpc) is 2.83. The number of hydrogen-bond donors (Lipinski definition) is 0. The standard InChI is InChI=1S/C16H16N6O/c1-10-18-11(2)22(20-10)12-8-21(9-12)16(23)15-7-17-13-5-3-4-6-14(13)19-15/h3-7,12H,8-9H2,1-2H3. The lowest BCUT2D eigenvalue weighted by Crippen LogP contribution is -2.51. The zero-order valence-corrected chi connectivity index (χ0v) is 13.0. The van der Waals surface area contributed by atoms with E-state index in [4.69, 9.17) is 0 Å². The van der Waals surface area contributed by atoms with Crippen LogP contribution in [0, 0.1) is 13.8 Å². The minimum absolute atomic E-state index is 0.0889. The lowest BCUT2D eigenvalue weighted by atomic mass is 10.1. The third kappa shape index (κ3) is 2.34. The molecule has 116 valence electrons. The average molecular weight is 308 g/mol. The Morgan fingerprint density at radius 2 is 1.87 bits per heavy atom. The van der Waals surface area contributed by atoms with Crippen LogP contribution in [0.4, 0.5) is 0 Å². The van der Waals surface area contributed by atoms with Crippen molar-refractivity contribution in [2.45, 2.75) is 19.9 Å². The molecule has 1 fully saturated rings. The molecule has 0 aliphatic carbocycles. The van der Waals surface area contributed by atoms with Crippen molar-refractivity contribution in [3.05, 3.63) is 47.8 Å².